The summed E-state index contributed by atoms with van der Waals surface area (Å²) >= 11 is 0. The van der Waals surface area contributed by atoms with Gasteiger partial charge in [-0.2, -0.15) is 0 Å². The number of likely N-dealkylation sites (tertiary alicyclic amines) is 1. The highest BCUT2D eigenvalue weighted by atomic mass is 16.5. The molecule has 1 aromatic rings. The molecule has 114 valence electrons. The standard InChI is InChI=1S/C17H24N2O2/c1-18(17(20)21-2)15-7-9-19(10-8-15)12-14-11-13-5-3-4-6-16(13)14/h3-6,14-15H,7-12H2,1-2H3. The molecule has 1 heterocycles. The lowest BCUT2D eigenvalue weighted by Crippen LogP contribution is -2.47. The van der Waals surface area contributed by atoms with Gasteiger partial charge in [-0.1, -0.05) is 24.3 Å². The van der Waals surface area contributed by atoms with E-state index in [4.69, 9.17) is 4.74 Å². The van der Waals surface area contributed by atoms with Crippen LogP contribution in [0.1, 0.15) is 29.9 Å². The third-order valence-electron chi connectivity index (χ3n) is 5.01. The molecule has 0 radical (unpaired) electrons. The van der Waals surface area contributed by atoms with Gasteiger partial charge in [0.25, 0.3) is 0 Å². The molecule has 1 fully saturated rings. The summed E-state index contributed by atoms with van der Waals surface area (Å²) in [6.07, 6.45) is 3.08. The highest BCUT2D eigenvalue weighted by Crippen LogP contribution is 2.35. The Balaban J connectivity index is 1.48. The van der Waals surface area contributed by atoms with Crippen LogP contribution in [0.25, 0.3) is 0 Å². The van der Waals surface area contributed by atoms with E-state index < -0.39 is 0 Å². The number of hydrogen-bond donors (Lipinski definition) is 0. The smallest absolute Gasteiger partial charge is 0.409 e. The highest BCUT2D eigenvalue weighted by Gasteiger charge is 2.30. The van der Waals surface area contributed by atoms with Gasteiger partial charge in [-0.15, -0.1) is 0 Å². The second kappa shape index (κ2) is 6.06. The molecule has 1 saturated heterocycles. The van der Waals surface area contributed by atoms with E-state index in [2.05, 4.69) is 29.2 Å². The van der Waals surface area contributed by atoms with Crippen molar-refractivity contribution in [2.24, 2.45) is 0 Å². The summed E-state index contributed by atoms with van der Waals surface area (Å²) in [5.74, 6) is 0.705. The third kappa shape index (κ3) is 2.91. The fourth-order valence-corrected chi connectivity index (χ4v) is 3.62. The monoisotopic (exact) mass is 288 g/mol. The van der Waals surface area contributed by atoms with Crippen molar-refractivity contribution in [3.63, 3.8) is 0 Å². The van der Waals surface area contributed by atoms with Crippen molar-refractivity contribution in [3.05, 3.63) is 35.4 Å². The first-order valence-electron chi connectivity index (χ1n) is 7.80. The Kier molecular flexibility index (Phi) is 4.15. The molecule has 0 spiro atoms. The van der Waals surface area contributed by atoms with Gasteiger partial charge in [0.1, 0.15) is 0 Å². The Morgan fingerprint density at radius 3 is 2.71 bits per heavy atom. The molecule has 1 atom stereocenters. The minimum absolute atomic E-state index is 0.221. The summed E-state index contributed by atoms with van der Waals surface area (Å²) in [4.78, 5) is 15.8. The van der Waals surface area contributed by atoms with Gasteiger partial charge in [-0.25, -0.2) is 4.79 Å². The Hall–Kier alpha value is -1.55. The molecule has 4 nitrogen and oxygen atoms in total. The quantitative estimate of drug-likeness (QED) is 0.856. The van der Waals surface area contributed by atoms with Gasteiger partial charge in [-0.3, -0.25) is 0 Å². The van der Waals surface area contributed by atoms with Crippen molar-refractivity contribution >= 4 is 6.09 Å². The summed E-state index contributed by atoms with van der Waals surface area (Å²) in [5, 5.41) is 0. The number of fused-ring (bicyclic) bond motifs is 1. The first-order valence-corrected chi connectivity index (χ1v) is 7.80. The normalized spacial score (nSPS) is 22.3. The van der Waals surface area contributed by atoms with E-state index >= 15 is 0 Å². The molecule has 3 rings (SSSR count). The predicted octanol–water partition coefficient (Wildman–Crippen LogP) is 2.49. The number of piperidine rings is 1. The van der Waals surface area contributed by atoms with Crippen molar-refractivity contribution in [3.8, 4) is 0 Å². The zero-order chi connectivity index (χ0) is 14.8. The molecule has 21 heavy (non-hydrogen) atoms. The van der Waals surface area contributed by atoms with Gasteiger partial charge in [0.2, 0.25) is 0 Å². The van der Waals surface area contributed by atoms with E-state index in [0.717, 1.165) is 32.5 Å². The highest BCUT2D eigenvalue weighted by molar-refractivity contribution is 5.67. The van der Waals surface area contributed by atoms with Gasteiger partial charge < -0.3 is 14.5 Å². The van der Waals surface area contributed by atoms with Crippen LogP contribution < -0.4 is 0 Å². The van der Waals surface area contributed by atoms with Crippen molar-refractivity contribution in [2.75, 3.05) is 33.8 Å². The first-order chi connectivity index (χ1) is 10.2. The number of ether oxygens (including phenoxy) is 1. The number of nitrogens with zero attached hydrogens (tertiary/aromatic N) is 2. The van der Waals surface area contributed by atoms with Crippen LogP contribution >= 0.6 is 0 Å². The molecule has 1 aromatic carbocycles. The van der Waals surface area contributed by atoms with Gasteiger partial charge >= 0.3 is 6.09 Å². The molecule has 2 aliphatic rings. The number of rotatable bonds is 3. The van der Waals surface area contributed by atoms with E-state index in [1.165, 1.54) is 24.7 Å². The van der Waals surface area contributed by atoms with Crippen molar-refractivity contribution in [2.45, 2.75) is 31.2 Å². The molecule has 0 bridgehead atoms. The molecule has 0 saturated carbocycles. The maximum atomic E-state index is 11.6. The summed E-state index contributed by atoms with van der Waals surface area (Å²) in [7, 11) is 3.29. The lowest BCUT2D eigenvalue weighted by atomic mass is 9.77. The molecule has 4 heteroatoms. The number of carbonyl (C=O) groups is 1. The van der Waals surface area contributed by atoms with Crippen molar-refractivity contribution < 1.29 is 9.53 Å². The van der Waals surface area contributed by atoms with E-state index in [9.17, 15) is 4.79 Å². The largest absolute Gasteiger partial charge is 0.453 e. The third-order valence-corrected chi connectivity index (χ3v) is 5.01. The van der Waals surface area contributed by atoms with Crippen LogP contribution in [0.2, 0.25) is 0 Å². The van der Waals surface area contributed by atoms with Gasteiger partial charge in [-0.05, 0) is 30.4 Å². The number of methoxy groups -OCH3 is 1. The Morgan fingerprint density at radius 2 is 2.05 bits per heavy atom. The van der Waals surface area contributed by atoms with Crippen molar-refractivity contribution in [1.82, 2.24) is 9.80 Å². The van der Waals surface area contributed by atoms with Crippen LogP contribution in [0.3, 0.4) is 0 Å². The average Bonchev–Trinajstić information content (AvgIpc) is 2.52. The number of hydrogen-bond acceptors (Lipinski definition) is 3. The fraction of sp³-hybridized carbons (Fsp3) is 0.588. The average molecular weight is 288 g/mol. The zero-order valence-corrected chi connectivity index (χ0v) is 12.9. The van der Waals surface area contributed by atoms with Crippen LogP contribution in [-0.2, 0) is 11.2 Å². The van der Waals surface area contributed by atoms with Gasteiger partial charge in [0.15, 0.2) is 0 Å². The van der Waals surface area contributed by atoms with Crippen LogP contribution in [0.15, 0.2) is 24.3 Å². The van der Waals surface area contributed by atoms with Crippen LogP contribution in [0.5, 0.6) is 0 Å². The summed E-state index contributed by atoms with van der Waals surface area (Å²) in [6, 6.07) is 9.10. The van der Waals surface area contributed by atoms with Crippen LogP contribution in [0, 0.1) is 0 Å². The Morgan fingerprint density at radius 1 is 1.33 bits per heavy atom. The zero-order valence-electron chi connectivity index (χ0n) is 12.9. The lowest BCUT2D eigenvalue weighted by Gasteiger charge is -2.40. The Labute approximate surface area is 126 Å². The van der Waals surface area contributed by atoms with E-state index in [1.54, 1.807) is 4.90 Å². The Bertz CT molecular complexity index is 509. The first kappa shape index (κ1) is 14.4. The molecule has 0 N–H and O–H groups in total. The number of amides is 1. The SMILES string of the molecule is COC(=O)N(C)C1CCN(CC2Cc3ccccc32)CC1. The van der Waals surface area contributed by atoms with E-state index in [1.807, 2.05) is 7.05 Å². The molecular formula is C17H24N2O2. The minimum atomic E-state index is -0.221. The molecule has 0 aromatic heterocycles. The van der Waals surface area contributed by atoms with Crippen LogP contribution in [0.4, 0.5) is 4.79 Å². The molecule has 1 aliphatic heterocycles. The van der Waals surface area contributed by atoms with Gasteiger partial charge in [0, 0.05) is 38.6 Å². The summed E-state index contributed by atoms with van der Waals surface area (Å²) in [6.45, 7) is 3.31. The molecule has 1 aliphatic carbocycles. The maximum Gasteiger partial charge on any atom is 0.409 e. The second-order valence-corrected chi connectivity index (χ2v) is 6.21. The maximum absolute atomic E-state index is 11.6. The molecule has 1 amide bonds. The van der Waals surface area contributed by atoms with E-state index in [-0.39, 0.29) is 6.09 Å². The van der Waals surface area contributed by atoms with Crippen LogP contribution in [-0.4, -0.2) is 55.7 Å². The summed E-state index contributed by atoms with van der Waals surface area (Å²) < 4.78 is 4.80. The second-order valence-electron chi connectivity index (χ2n) is 6.21. The number of benzene rings is 1. The van der Waals surface area contributed by atoms with Crippen molar-refractivity contribution in [1.29, 1.82) is 0 Å². The fourth-order valence-electron chi connectivity index (χ4n) is 3.62. The lowest BCUT2D eigenvalue weighted by molar-refractivity contribution is 0.0891. The summed E-state index contributed by atoms with van der Waals surface area (Å²) in [5.41, 5.74) is 3.05. The molecular weight excluding hydrogens is 264 g/mol. The number of carbonyl (C=O) groups excluding carboxylic acids is 1. The van der Waals surface area contributed by atoms with E-state index in [0.29, 0.717) is 12.0 Å². The topological polar surface area (TPSA) is 32.8 Å². The predicted molar refractivity (Wildman–Crippen MR) is 82.5 cm³/mol. The minimum Gasteiger partial charge on any atom is -0.453 e. The van der Waals surface area contributed by atoms with Gasteiger partial charge in [0.05, 0.1) is 7.11 Å². The molecule has 1 unspecified atom stereocenters.